The van der Waals surface area contributed by atoms with Crippen LogP contribution in [0.1, 0.15) is 29.5 Å². The summed E-state index contributed by atoms with van der Waals surface area (Å²) >= 11 is 0. The van der Waals surface area contributed by atoms with Gasteiger partial charge in [-0.25, -0.2) is 8.42 Å². The predicted molar refractivity (Wildman–Crippen MR) is 107 cm³/mol. The summed E-state index contributed by atoms with van der Waals surface area (Å²) in [6.45, 7) is 6.16. The Balaban J connectivity index is 1.98. The maximum absolute atomic E-state index is 12.2. The zero-order valence-electron chi connectivity index (χ0n) is 15.7. The van der Waals surface area contributed by atoms with Gasteiger partial charge in [0.25, 0.3) is 0 Å². The van der Waals surface area contributed by atoms with Gasteiger partial charge in [0, 0.05) is 18.7 Å². The fourth-order valence-corrected chi connectivity index (χ4v) is 3.76. The maximum Gasteiger partial charge on any atom is 0.232 e. The first-order chi connectivity index (χ1) is 12.2. The summed E-state index contributed by atoms with van der Waals surface area (Å²) in [5.41, 5.74) is 4.59. The molecule has 26 heavy (non-hydrogen) atoms. The molecule has 0 saturated carbocycles. The molecule has 5 nitrogen and oxygen atoms in total. The number of amides is 1. The highest BCUT2D eigenvalue weighted by molar-refractivity contribution is 7.92. The molecule has 0 aromatic heterocycles. The van der Waals surface area contributed by atoms with Crippen LogP contribution in [-0.4, -0.2) is 27.1 Å². The average Bonchev–Trinajstić information content (AvgIpc) is 2.55. The summed E-state index contributed by atoms with van der Waals surface area (Å²) in [4.78, 5) is 12.2. The Labute approximate surface area is 156 Å². The predicted octanol–water partition coefficient (Wildman–Crippen LogP) is 3.80. The van der Waals surface area contributed by atoms with Crippen molar-refractivity contribution in [1.82, 2.24) is 0 Å². The summed E-state index contributed by atoms with van der Waals surface area (Å²) in [6.07, 6.45) is 1.89. The Bertz CT molecular complexity index is 892. The first-order valence-electron chi connectivity index (χ1n) is 8.59. The Morgan fingerprint density at radius 1 is 1.00 bits per heavy atom. The Morgan fingerprint density at radius 2 is 1.69 bits per heavy atom. The summed E-state index contributed by atoms with van der Waals surface area (Å²) in [5, 5.41) is 2.87. The third-order valence-corrected chi connectivity index (χ3v) is 5.52. The van der Waals surface area contributed by atoms with Gasteiger partial charge in [0.2, 0.25) is 15.9 Å². The van der Waals surface area contributed by atoms with Crippen molar-refractivity contribution in [2.45, 2.75) is 33.6 Å². The monoisotopic (exact) mass is 374 g/mol. The fourth-order valence-electron chi connectivity index (χ4n) is 2.73. The third-order valence-electron chi connectivity index (χ3n) is 4.34. The molecule has 0 atom stereocenters. The quantitative estimate of drug-likeness (QED) is 0.802. The van der Waals surface area contributed by atoms with E-state index in [-0.39, 0.29) is 18.9 Å². The number of rotatable bonds is 7. The van der Waals surface area contributed by atoms with Crippen LogP contribution in [0.2, 0.25) is 0 Å². The van der Waals surface area contributed by atoms with Crippen LogP contribution in [0.4, 0.5) is 11.4 Å². The largest absolute Gasteiger partial charge is 0.326 e. The number of nitrogens with zero attached hydrogens (tertiary/aromatic N) is 1. The third kappa shape index (κ3) is 5.33. The van der Waals surface area contributed by atoms with Gasteiger partial charge in [0.1, 0.15) is 0 Å². The van der Waals surface area contributed by atoms with Crippen LogP contribution in [0.3, 0.4) is 0 Å². The van der Waals surface area contributed by atoms with Crippen LogP contribution in [-0.2, 0) is 14.8 Å². The molecule has 0 aliphatic carbocycles. The van der Waals surface area contributed by atoms with Gasteiger partial charge in [-0.3, -0.25) is 9.10 Å². The number of anilines is 2. The number of aryl methyl sites for hydroxylation is 3. The lowest BCUT2D eigenvalue weighted by molar-refractivity contribution is -0.116. The van der Waals surface area contributed by atoms with E-state index >= 15 is 0 Å². The second kappa shape index (κ2) is 8.36. The number of hydrogen-bond acceptors (Lipinski definition) is 3. The molecule has 1 amide bonds. The smallest absolute Gasteiger partial charge is 0.232 e. The van der Waals surface area contributed by atoms with Gasteiger partial charge in [0.15, 0.2) is 0 Å². The molecule has 6 heteroatoms. The minimum atomic E-state index is -3.41. The van der Waals surface area contributed by atoms with E-state index < -0.39 is 10.0 Å². The lowest BCUT2D eigenvalue weighted by atomic mass is 10.1. The van der Waals surface area contributed by atoms with Crippen molar-refractivity contribution >= 4 is 27.3 Å². The van der Waals surface area contributed by atoms with Gasteiger partial charge in [-0.15, -0.1) is 0 Å². The number of sulfonamides is 1. The Hall–Kier alpha value is -2.34. The van der Waals surface area contributed by atoms with E-state index in [0.717, 1.165) is 16.8 Å². The van der Waals surface area contributed by atoms with E-state index in [9.17, 15) is 13.2 Å². The van der Waals surface area contributed by atoms with Gasteiger partial charge in [-0.2, -0.15) is 0 Å². The minimum absolute atomic E-state index is 0.119. The molecule has 1 N–H and O–H groups in total. The second-order valence-corrected chi connectivity index (χ2v) is 8.48. The van der Waals surface area contributed by atoms with Crippen molar-refractivity contribution in [1.29, 1.82) is 0 Å². The van der Waals surface area contributed by atoms with Crippen LogP contribution >= 0.6 is 0 Å². The van der Waals surface area contributed by atoms with Crippen molar-refractivity contribution < 1.29 is 13.2 Å². The molecule has 0 saturated heterocycles. The molecule has 140 valence electrons. The summed E-state index contributed by atoms with van der Waals surface area (Å²) in [7, 11) is -3.41. The minimum Gasteiger partial charge on any atom is -0.326 e. The Kier molecular flexibility index (Phi) is 6.42. The van der Waals surface area contributed by atoms with E-state index in [0.29, 0.717) is 12.1 Å². The number of benzene rings is 2. The molecular weight excluding hydrogens is 348 g/mol. The SMILES string of the molecule is Cc1ccc(NC(=O)CCCN(c2ccccc2C)S(C)(=O)=O)cc1C. The van der Waals surface area contributed by atoms with Crippen LogP contribution in [0, 0.1) is 20.8 Å². The molecule has 0 aliphatic rings. The molecular formula is C20H26N2O3S. The van der Waals surface area contributed by atoms with Gasteiger partial charge < -0.3 is 5.32 Å². The molecule has 0 radical (unpaired) electrons. The Morgan fingerprint density at radius 3 is 2.31 bits per heavy atom. The van der Waals surface area contributed by atoms with Crippen molar-refractivity contribution in [3.05, 3.63) is 59.2 Å². The number of carbonyl (C=O) groups is 1. The zero-order valence-corrected chi connectivity index (χ0v) is 16.6. The molecule has 0 unspecified atom stereocenters. The number of hydrogen-bond donors (Lipinski definition) is 1. The summed E-state index contributed by atoms with van der Waals surface area (Å²) < 4.78 is 25.7. The second-order valence-electron chi connectivity index (χ2n) is 6.57. The van der Waals surface area contributed by atoms with Crippen molar-refractivity contribution in [2.24, 2.45) is 0 Å². The van der Waals surface area contributed by atoms with Crippen LogP contribution < -0.4 is 9.62 Å². The normalized spacial score (nSPS) is 11.2. The molecule has 0 heterocycles. The van der Waals surface area contributed by atoms with Crippen molar-refractivity contribution in [3.63, 3.8) is 0 Å². The zero-order chi connectivity index (χ0) is 19.3. The highest BCUT2D eigenvalue weighted by Gasteiger charge is 2.19. The first kappa shape index (κ1) is 20.0. The number of para-hydroxylation sites is 1. The highest BCUT2D eigenvalue weighted by Crippen LogP contribution is 2.22. The summed E-state index contributed by atoms with van der Waals surface area (Å²) in [6, 6.07) is 13.1. The lowest BCUT2D eigenvalue weighted by Crippen LogP contribution is -2.32. The molecule has 2 aromatic rings. The fraction of sp³-hybridized carbons (Fsp3) is 0.350. The van der Waals surface area contributed by atoms with Crippen molar-refractivity contribution in [3.8, 4) is 0 Å². The standard InChI is InChI=1S/C20H26N2O3S/c1-15-11-12-18(14-17(15)3)21-20(23)10-7-13-22(26(4,24)25)19-9-6-5-8-16(19)2/h5-6,8-9,11-12,14H,7,10,13H2,1-4H3,(H,21,23). The average molecular weight is 375 g/mol. The van der Waals surface area contributed by atoms with E-state index in [2.05, 4.69) is 5.32 Å². The van der Waals surface area contributed by atoms with Crippen molar-refractivity contribution in [2.75, 3.05) is 22.4 Å². The van der Waals surface area contributed by atoms with Crippen LogP contribution in [0.15, 0.2) is 42.5 Å². The van der Waals surface area contributed by atoms with Gasteiger partial charge in [-0.05, 0) is 62.1 Å². The maximum atomic E-state index is 12.2. The van der Waals surface area contributed by atoms with Crippen LogP contribution in [0.5, 0.6) is 0 Å². The lowest BCUT2D eigenvalue weighted by Gasteiger charge is -2.24. The molecule has 0 aliphatic heterocycles. The summed E-state index contributed by atoms with van der Waals surface area (Å²) in [5.74, 6) is -0.119. The molecule has 0 spiro atoms. The molecule has 0 fully saturated rings. The molecule has 2 aromatic carbocycles. The highest BCUT2D eigenvalue weighted by atomic mass is 32.2. The van der Waals surface area contributed by atoms with Crippen LogP contribution in [0.25, 0.3) is 0 Å². The van der Waals surface area contributed by atoms with E-state index in [1.165, 1.54) is 16.1 Å². The van der Waals surface area contributed by atoms with E-state index in [1.807, 2.05) is 57.2 Å². The van der Waals surface area contributed by atoms with E-state index in [1.54, 1.807) is 6.07 Å². The first-order valence-corrected chi connectivity index (χ1v) is 10.4. The van der Waals surface area contributed by atoms with Gasteiger partial charge in [-0.1, -0.05) is 24.3 Å². The number of carbonyl (C=O) groups excluding carboxylic acids is 1. The number of nitrogens with one attached hydrogen (secondary N) is 1. The topological polar surface area (TPSA) is 66.5 Å². The molecule has 0 bridgehead atoms. The van der Waals surface area contributed by atoms with Gasteiger partial charge >= 0.3 is 0 Å². The van der Waals surface area contributed by atoms with Gasteiger partial charge in [0.05, 0.1) is 11.9 Å². The van der Waals surface area contributed by atoms with E-state index in [4.69, 9.17) is 0 Å². The molecule has 2 rings (SSSR count).